The molecule has 114 valence electrons. The molecular weight excluding hydrogens is 268 g/mol. The maximum atomic E-state index is 12.0. The molecule has 21 heavy (non-hydrogen) atoms. The van der Waals surface area contributed by atoms with Gasteiger partial charge in [0.25, 0.3) is 5.91 Å². The van der Waals surface area contributed by atoms with E-state index in [9.17, 15) is 4.79 Å². The topological polar surface area (TPSA) is 60.5 Å². The summed E-state index contributed by atoms with van der Waals surface area (Å²) in [5.74, 6) is 0.244. The van der Waals surface area contributed by atoms with Crippen molar-refractivity contribution in [2.75, 3.05) is 13.2 Å². The number of aromatic nitrogens is 1. The predicted octanol–water partition coefficient (Wildman–Crippen LogP) is 2.13. The largest absolute Gasteiger partial charge is 0.349 e. The lowest BCUT2D eigenvalue weighted by Gasteiger charge is -2.34. The van der Waals surface area contributed by atoms with E-state index in [1.807, 2.05) is 0 Å². The summed E-state index contributed by atoms with van der Waals surface area (Å²) < 4.78 is 12.0. The van der Waals surface area contributed by atoms with Crippen LogP contribution in [0.15, 0.2) is 24.5 Å². The molecule has 1 saturated carbocycles. The molecule has 0 radical (unpaired) electrons. The average molecular weight is 290 g/mol. The van der Waals surface area contributed by atoms with Crippen molar-refractivity contribution < 1.29 is 14.3 Å². The van der Waals surface area contributed by atoms with E-state index in [1.54, 1.807) is 24.5 Å². The van der Waals surface area contributed by atoms with Gasteiger partial charge in [-0.1, -0.05) is 6.92 Å². The van der Waals surface area contributed by atoms with Crippen molar-refractivity contribution in [3.05, 3.63) is 30.1 Å². The fourth-order valence-corrected chi connectivity index (χ4v) is 2.99. The molecule has 2 heterocycles. The molecule has 1 aliphatic carbocycles. The average Bonchev–Trinajstić information content (AvgIpc) is 2.92. The molecule has 2 fully saturated rings. The first kappa shape index (κ1) is 14.5. The van der Waals surface area contributed by atoms with Crippen molar-refractivity contribution in [1.82, 2.24) is 10.3 Å². The van der Waals surface area contributed by atoms with E-state index < -0.39 is 5.79 Å². The second-order valence-electron chi connectivity index (χ2n) is 6.10. The first-order chi connectivity index (χ1) is 10.2. The van der Waals surface area contributed by atoms with Crippen molar-refractivity contribution in [2.45, 2.75) is 44.5 Å². The van der Waals surface area contributed by atoms with Gasteiger partial charge < -0.3 is 14.8 Å². The van der Waals surface area contributed by atoms with E-state index in [-0.39, 0.29) is 12.0 Å². The van der Waals surface area contributed by atoms with Crippen LogP contribution in [-0.2, 0) is 9.47 Å². The van der Waals surface area contributed by atoms with Crippen molar-refractivity contribution >= 4 is 5.91 Å². The Labute approximate surface area is 125 Å². The zero-order valence-corrected chi connectivity index (χ0v) is 12.4. The summed E-state index contributed by atoms with van der Waals surface area (Å²) in [6.07, 6.45) is 7.37. The highest BCUT2D eigenvalue weighted by molar-refractivity contribution is 5.93. The molecule has 0 aromatic carbocycles. The van der Waals surface area contributed by atoms with Crippen LogP contribution in [0.5, 0.6) is 0 Å². The lowest BCUT2D eigenvalue weighted by atomic mass is 9.86. The maximum Gasteiger partial charge on any atom is 0.252 e. The lowest BCUT2D eigenvalue weighted by Crippen LogP contribution is -2.38. The third-order valence-electron chi connectivity index (χ3n) is 4.36. The number of nitrogens with zero attached hydrogens (tertiary/aromatic N) is 1. The molecule has 1 aliphatic heterocycles. The van der Waals surface area contributed by atoms with Crippen LogP contribution in [0.1, 0.15) is 43.0 Å². The molecule has 0 bridgehead atoms. The first-order valence-electron chi connectivity index (χ1n) is 7.67. The van der Waals surface area contributed by atoms with Gasteiger partial charge >= 0.3 is 0 Å². The molecule has 1 spiro atoms. The Morgan fingerprint density at radius 2 is 2.29 bits per heavy atom. The predicted molar refractivity (Wildman–Crippen MR) is 77.8 cm³/mol. The number of rotatable bonds is 3. The second-order valence-corrected chi connectivity index (χ2v) is 6.10. The molecule has 3 rings (SSSR count). The molecule has 1 saturated heterocycles. The highest BCUT2D eigenvalue weighted by Crippen LogP contribution is 2.39. The Hall–Kier alpha value is -1.46. The number of ether oxygens (including phenoxy) is 2. The normalized spacial score (nSPS) is 32.2. The van der Waals surface area contributed by atoms with Gasteiger partial charge in [-0.25, -0.2) is 0 Å². The highest BCUT2D eigenvalue weighted by Gasteiger charge is 2.43. The number of pyridine rings is 1. The Bertz CT molecular complexity index is 484. The van der Waals surface area contributed by atoms with Gasteiger partial charge in [0.1, 0.15) is 6.10 Å². The van der Waals surface area contributed by atoms with Crippen molar-refractivity contribution in [1.29, 1.82) is 0 Å². The van der Waals surface area contributed by atoms with Gasteiger partial charge in [0, 0.05) is 31.8 Å². The summed E-state index contributed by atoms with van der Waals surface area (Å²) in [7, 11) is 0. The van der Waals surface area contributed by atoms with Gasteiger partial charge in [-0.15, -0.1) is 0 Å². The fraction of sp³-hybridized carbons (Fsp3) is 0.625. The van der Waals surface area contributed by atoms with E-state index in [4.69, 9.17) is 9.47 Å². The molecule has 5 nitrogen and oxygen atoms in total. The molecule has 1 unspecified atom stereocenters. The van der Waals surface area contributed by atoms with Crippen molar-refractivity contribution in [3.63, 3.8) is 0 Å². The number of hydrogen-bond acceptors (Lipinski definition) is 4. The summed E-state index contributed by atoms with van der Waals surface area (Å²) >= 11 is 0. The maximum absolute atomic E-state index is 12.0. The van der Waals surface area contributed by atoms with Crippen molar-refractivity contribution in [2.24, 2.45) is 5.92 Å². The summed E-state index contributed by atoms with van der Waals surface area (Å²) in [4.78, 5) is 15.9. The first-order valence-corrected chi connectivity index (χ1v) is 7.67. The highest BCUT2D eigenvalue weighted by atomic mass is 16.7. The smallest absolute Gasteiger partial charge is 0.252 e. The minimum absolute atomic E-state index is 0.0565. The Balaban J connectivity index is 1.48. The summed E-state index contributed by atoms with van der Waals surface area (Å²) in [6.45, 7) is 3.31. The molecule has 1 N–H and O–H groups in total. The van der Waals surface area contributed by atoms with E-state index in [1.165, 1.54) is 0 Å². The van der Waals surface area contributed by atoms with Gasteiger partial charge in [0.15, 0.2) is 5.79 Å². The molecule has 1 aromatic heterocycles. The van der Waals surface area contributed by atoms with E-state index in [0.717, 1.165) is 31.6 Å². The Kier molecular flexibility index (Phi) is 4.22. The molecule has 1 aromatic rings. The van der Waals surface area contributed by atoms with Crippen LogP contribution in [0.2, 0.25) is 0 Å². The SMILES string of the molecule is CC1CCC2(CC1)OCC(CNC(=O)c1cccnc1)O2. The monoisotopic (exact) mass is 290 g/mol. The zero-order chi connectivity index (χ0) is 14.7. The minimum Gasteiger partial charge on any atom is -0.349 e. The molecular formula is C16H22N2O3. The number of carbonyl (C=O) groups excluding carboxylic acids is 1. The molecule has 2 aliphatic rings. The van der Waals surface area contributed by atoms with Crippen LogP contribution in [0.3, 0.4) is 0 Å². The number of nitrogens with one attached hydrogen (secondary N) is 1. The Morgan fingerprint density at radius 1 is 1.48 bits per heavy atom. The number of hydrogen-bond donors (Lipinski definition) is 1. The summed E-state index contributed by atoms with van der Waals surface area (Å²) in [5.41, 5.74) is 0.567. The van der Waals surface area contributed by atoms with Crippen molar-refractivity contribution in [3.8, 4) is 0 Å². The third-order valence-corrected chi connectivity index (χ3v) is 4.36. The van der Waals surface area contributed by atoms with E-state index >= 15 is 0 Å². The van der Waals surface area contributed by atoms with E-state index in [2.05, 4.69) is 17.2 Å². The standard InChI is InChI=1S/C16H22N2O3/c1-12-4-6-16(7-5-12)20-11-14(21-16)10-18-15(19)13-3-2-8-17-9-13/h2-3,8-9,12,14H,4-7,10-11H2,1H3,(H,18,19). The Morgan fingerprint density at radius 3 is 3.00 bits per heavy atom. The quantitative estimate of drug-likeness (QED) is 0.926. The van der Waals surface area contributed by atoms with Gasteiger partial charge in [0.2, 0.25) is 0 Å². The van der Waals surface area contributed by atoms with Crippen LogP contribution in [-0.4, -0.2) is 35.9 Å². The molecule has 1 amide bonds. The summed E-state index contributed by atoms with van der Waals surface area (Å²) in [6, 6.07) is 3.50. The van der Waals surface area contributed by atoms with E-state index in [0.29, 0.717) is 18.7 Å². The third kappa shape index (κ3) is 3.41. The van der Waals surface area contributed by atoms with Gasteiger partial charge in [-0.2, -0.15) is 0 Å². The van der Waals surface area contributed by atoms with Crippen LogP contribution in [0, 0.1) is 5.92 Å². The zero-order valence-electron chi connectivity index (χ0n) is 12.4. The minimum atomic E-state index is -0.393. The van der Waals surface area contributed by atoms with Crippen LogP contribution in [0.4, 0.5) is 0 Å². The van der Waals surface area contributed by atoms with Crippen LogP contribution in [0.25, 0.3) is 0 Å². The number of amides is 1. The lowest BCUT2D eigenvalue weighted by molar-refractivity contribution is -0.191. The second kappa shape index (κ2) is 6.12. The fourth-order valence-electron chi connectivity index (χ4n) is 2.99. The molecule has 5 heteroatoms. The molecule has 1 atom stereocenters. The van der Waals surface area contributed by atoms with Gasteiger partial charge in [-0.05, 0) is 30.9 Å². The van der Waals surface area contributed by atoms with Gasteiger partial charge in [0.05, 0.1) is 12.2 Å². The summed E-state index contributed by atoms with van der Waals surface area (Å²) in [5, 5.41) is 2.89. The number of carbonyl (C=O) groups is 1. The van der Waals surface area contributed by atoms with Gasteiger partial charge in [-0.3, -0.25) is 9.78 Å². The van der Waals surface area contributed by atoms with Crippen LogP contribution >= 0.6 is 0 Å². The van der Waals surface area contributed by atoms with Crippen LogP contribution < -0.4 is 5.32 Å².